The Morgan fingerprint density at radius 1 is 0.733 bits per heavy atom. The molecule has 4 fully saturated rings. The molecule has 0 radical (unpaired) electrons. The van der Waals surface area contributed by atoms with Crippen molar-refractivity contribution in [1.82, 2.24) is 0 Å². The van der Waals surface area contributed by atoms with E-state index in [1.807, 2.05) is 6.92 Å². The van der Waals surface area contributed by atoms with E-state index in [9.17, 15) is 0 Å². The number of rotatable bonds is 6. The second-order valence-electron chi connectivity index (χ2n) is 18.5. The maximum Gasteiger partial charge on any atom is 0.0994 e. The summed E-state index contributed by atoms with van der Waals surface area (Å²) in [6, 6.07) is 0. The zero-order valence-electron chi connectivity index (χ0n) is 28.2. The Balaban J connectivity index is 1.64. The van der Waals surface area contributed by atoms with Gasteiger partial charge < -0.3 is 0 Å². The van der Waals surface area contributed by atoms with Crippen molar-refractivity contribution >= 4 is 0 Å². The zero-order valence-corrected chi connectivity index (χ0v) is 28.2. The largest absolute Gasteiger partial charge is 0.250 e. The van der Waals surface area contributed by atoms with Crippen LogP contribution in [0.2, 0.25) is 0 Å². The van der Waals surface area contributed by atoms with Gasteiger partial charge in [0.15, 0.2) is 0 Å². The van der Waals surface area contributed by atoms with Crippen LogP contribution in [0.5, 0.6) is 0 Å². The van der Waals surface area contributed by atoms with Gasteiger partial charge in [-0.15, -0.1) is 0 Å². The van der Waals surface area contributed by atoms with Crippen LogP contribution in [0.15, 0.2) is 34.4 Å². The third-order valence-electron chi connectivity index (χ3n) is 16.6. The molecule has 0 amide bonds. The minimum atomic E-state index is -0.935. The molecule has 0 N–H and O–H groups in total. The molecule has 0 saturated heterocycles. The molecule has 4 saturated carbocycles. The van der Waals surface area contributed by atoms with Crippen molar-refractivity contribution in [2.75, 3.05) is 33.4 Å². The summed E-state index contributed by atoms with van der Waals surface area (Å²) < 4.78 is 82.6. The van der Waals surface area contributed by atoms with E-state index in [2.05, 4.69) is 39.8 Å². The van der Waals surface area contributed by atoms with Crippen LogP contribution in [-0.4, -0.2) is 33.4 Å². The van der Waals surface area contributed by atoms with Crippen LogP contribution in [0.1, 0.15) is 92.4 Å². The van der Waals surface area contributed by atoms with Gasteiger partial charge in [-0.3, -0.25) is 22.0 Å². The summed E-state index contributed by atoms with van der Waals surface area (Å²) in [6.45, 7) is 7.78. The Labute approximate surface area is 268 Å². The van der Waals surface area contributed by atoms with E-state index in [0.29, 0.717) is 25.7 Å². The second kappa shape index (κ2) is 9.96. The van der Waals surface area contributed by atoms with Crippen LogP contribution < -0.4 is 0 Å². The van der Waals surface area contributed by atoms with Crippen molar-refractivity contribution in [2.45, 2.75) is 92.4 Å². The fraction of sp³-hybridized carbons (Fsp3) is 0.850. The van der Waals surface area contributed by atoms with E-state index in [1.54, 1.807) is 0 Å². The minimum Gasteiger partial charge on any atom is -0.250 e. The van der Waals surface area contributed by atoms with Crippen molar-refractivity contribution in [3.63, 3.8) is 0 Å². The van der Waals surface area contributed by atoms with Crippen LogP contribution >= 0.6 is 0 Å². The number of fused-ring (bicyclic) bond motifs is 2. The lowest BCUT2D eigenvalue weighted by atomic mass is 9.40. The molecule has 0 heterocycles. The van der Waals surface area contributed by atoms with Gasteiger partial charge >= 0.3 is 0 Å². The van der Waals surface area contributed by atoms with Crippen molar-refractivity contribution < 1.29 is 22.0 Å². The molecule has 0 spiro atoms. The molecule has 0 aromatic rings. The van der Waals surface area contributed by atoms with Gasteiger partial charge in [0.1, 0.15) is 0 Å². The highest BCUT2D eigenvalue weighted by Gasteiger charge is 2.75. The average Bonchev–Trinajstić information content (AvgIpc) is 3.39. The molecule has 0 aromatic carbocycles. The fourth-order valence-electron chi connectivity index (χ4n) is 15.0. The van der Waals surface area contributed by atoms with Crippen molar-refractivity contribution in [1.29, 1.82) is 0 Å². The zero-order chi connectivity index (χ0) is 31.9. The number of hydrogen-bond donors (Lipinski definition) is 0. The maximum atomic E-state index is 16.8. The first-order valence-electron chi connectivity index (χ1n) is 18.5. The number of allylic oxidation sites excluding steroid dienone is 6. The summed E-state index contributed by atoms with van der Waals surface area (Å²) in [5, 5.41) is 0. The van der Waals surface area contributed by atoms with Gasteiger partial charge in [0.2, 0.25) is 0 Å². The Kier molecular flexibility index (Phi) is 6.90. The first-order chi connectivity index (χ1) is 21.5. The molecule has 250 valence electrons. The van der Waals surface area contributed by atoms with Crippen molar-refractivity contribution in [3.05, 3.63) is 34.4 Å². The molecule has 15 atom stereocenters. The van der Waals surface area contributed by atoms with Crippen LogP contribution in [0, 0.1) is 86.3 Å². The van der Waals surface area contributed by atoms with Crippen molar-refractivity contribution in [2.24, 2.45) is 86.3 Å². The first kappa shape index (κ1) is 31.2. The molecule has 8 aliphatic carbocycles. The highest BCUT2D eigenvalue weighted by molar-refractivity contribution is 5.65. The maximum absolute atomic E-state index is 16.8. The molecule has 7 bridgehead atoms. The summed E-state index contributed by atoms with van der Waals surface area (Å²) in [6.07, 6.45) is 11.6. The summed E-state index contributed by atoms with van der Waals surface area (Å²) in [4.78, 5) is 0. The summed E-state index contributed by atoms with van der Waals surface area (Å²) in [5.41, 5.74) is -0.848. The second-order valence-corrected chi connectivity index (χ2v) is 18.5. The van der Waals surface area contributed by atoms with Gasteiger partial charge in [0, 0.05) is 33.0 Å². The van der Waals surface area contributed by atoms with Crippen LogP contribution in [0.3, 0.4) is 0 Å². The predicted molar refractivity (Wildman–Crippen MR) is 170 cm³/mol. The fourth-order valence-corrected chi connectivity index (χ4v) is 15.0. The normalized spacial score (nSPS) is 55.8. The van der Waals surface area contributed by atoms with Crippen LogP contribution in [-0.2, 0) is 0 Å². The minimum absolute atomic E-state index is 0.00828. The van der Waals surface area contributed by atoms with Crippen molar-refractivity contribution in [3.8, 4) is 0 Å². The van der Waals surface area contributed by atoms with E-state index in [1.165, 1.54) is 0 Å². The van der Waals surface area contributed by atoms with Gasteiger partial charge in [-0.05, 0) is 127 Å². The topological polar surface area (TPSA) is 0 Å². The SMILES string of the molecule is CCC1(CF)C2=C3C4C5=C2C2(CF)CC1C1CC(CCC(C)C4(CF)CC(C)CC4C=CC(C1)C2C4C5(C)CF)CC3(C)CF. The summed E-state index contributed by atoms with van der Waals surface area (Å²) in [7, 11) is 0. The van der Waals surface area contributed by atoms with E-state index >= 15 is 22.0 Å². The predicted octanol–water partition coefficient (Wildman–Crippen LogP) is 10.8. The van der Waals surface area contributed by atoms with Gasteiger partial charge in [-0.25, -0.2) is 0 Å². The molecule has 15 unspecified atom stereocenters. The van der Waals surface area contributed by atoms with Gasteiger partial charge in [0.25, 0.3) is 0 Å². The Morgan fingerprint density at radius 2 is 1.47 bits per heavy atom. The van der Waals surface area contributed by atoms with Crippen LogP contribution in [0.25, 0.3) is 0 Å². The lowest BCUT2D eigenvalue weighted by molar-refractivity contribution is -0.0678. The summed E-state index contributed by atoms with van der Waals surface area (Å²) in [5.74, 6) is 0.0848. The van der Waals surface area contributed by atoms with Gasteiger partial charge in [-0.1, -0.05) is 53.2 Å². The van der Waals surface area contributed by atoms with E-state index < -0.39 is 66.4 Å². The lowest BCUT2D eigenvalue weighted by Crippen LogP contribution is -2.60. The molecule has 45 heavy (non-hydrogen) atoms. The molecule has 0 aromatic heterocycles. The van der Waals surface area contributed by atoms with E-state index in [-0.39, 0.29) is 53.3 Å². The smallest absolute Gasteiger partial charge is 0.0994 e. The third-order valence-corrected chi connectivity index (χ3v) is 16.6. The quantitative estimate of drug-likeness (QED) is 0.202. The number of alkyl halides is 5. The number of hydrogen-bond acceptors (Lipinski definition) is 0. The average molecular weight is 631 g/mol. The highest BCUT2D eigenvalue weighted by atomic mass is 19.1. The molecular formula is C40H55F5. The Bertz CT molecular complexity index is 1340. The standard InChI is InChI=1S/C40H55F5/c1-6-38(19-43)28-16-40(21-45)30-26-10-9-25-11-22(2)14-39(20-44)23(3)7-8-24(12-27(28)13-26)15-36(4,17-41)31-33(39)32(35(40)34(31)38)37(5,18-42)29(25)30/h9-10,22-30,33H,6-8,11-21H2,1-5H3. The highest BCUT2D eigenvalue weighted by Crippen LogP contribution is 2.81. The Hall–Kier alpha value is -1.13. The molecular weight excluding hydrogens is 575 g/mol. The lowest BCUT2D eigenvalue weighted by Gasteiger charge is -2.64. The molecule has 0 nitrogen and oxygen atoms in total. The summed E-state index contributed by atoms with van der Waals surface area (Å²) >= 11 is 0. The molecule has 8 rings (SSSR count). The van der Waals surface area contributed by atoms with E-state index in [4.69, 9.17) is 0 Å². The molecule has 5 heteroatoms. The van der Waals surface area contributed by atoms with Gasteiger partial charge in [-0.2, -0.15) is 0 Å². The Morgan fingerprint density at radius 3 is 2.09 bits per heavy atom. The first-order valence-corrected chi connectivity index (χ1v) is 18.5. The van der Waals surface area contributed by atoms with Crippen LogP contribution in [0.4, 0.5) is 22.0 Å². The monoisotopic (exact) mass is 630 g/mol. The number of halogens is 5. The molecule has 8 aliphatic rings. The van der Waals surface area contributed by atoms with E-state index in [0.717, 1.165) is 54.4 Å². The third kappa shape index (κ3) is 3.46. The van der Waals surface area contributed by atoms with Gasteiger partial charge in [0.05, 0.1) is 33.4 Å². The molecule has 0 aliphatic heterocycles.